The van der Waals surface area contributed by atoms with E-state index in [1.54, 1.807) is 19.2 Å². The predicted octanol–water partition coefficient (Wildman–Crippen LogP) is 4.19. The number of nitrogens with zero attached hydrogens (tertiary/aromatic N) is 2. The third kappa shape index (κ3) is 2.34. The van der Waals surface area contributed by atoms with Gasteiger partial charge in [0, 0.05) is 23.1 Å². The van der Waals surface area contributed by atoms with E-state index in [0.29, 0.717) is 0 Å². The lowest BCUT2D eigenvalue weighted by Crippen LogP contribution is -1.89. The number of fused-ring (bicyclic) bond motifs is 1. The molecule has 3 aromatic rings. The lowest BCUT2D eigenvalue weighted by atomic mass is 10.1. The summed E-state index contributed by atoms with van der Waals surface area (Å²) in [5.41, 5.74) is 2.75. The summed E-state index contributed by atoms with van der Waals surface area (Å²) in [5, 5.41) is 11.7. The number of methoxy groups -OCH3 is 1. The van der Waals surface area contributed by atoms with Crippen molar-refractivity contribution in [1.82, 2.24) is 4.37 Å². The minimum Gasteiger partial charge on any atom is -0.496 e. The number of hydrogen-bond acceptors (Lipinski definition) is 5. The molecule has 0 unspecified atom stereocenters. The molecule has 6 heteroatoms. The summed E-state index contributed by atoms with van der Waals surface area (Å²) in [6.45, 7) is 1.96. The Hall–Kier alpha value is -2.47. The fourth-order valence-corrected chi connectivity index (χ4v) is 2.99. The summed E-state index contributed by atoms with van der Waals surface area (Å²) >= 11 is 1.33. The van der Waals surface area contributed by atoms with Gasteiger partial charge in [-0.1, -0.05) is 12.1 Å². The number of ether oxygens (including phenoxy) is 1. The van der Waals surface area contributed by atoms with E-state index in [0.717, 1.165) is 32.7 Å². The smallest absolute Gasteiger partial charge is 0.270 e. The molecule has 106 valence electrons. The van der Waals surface area contributed by atoms with Gasteiger partial charge in [0.2, 0.25) is 0 Å². The largest absolute Gasteiger partial charge is 0.496 e. The monoisotopic (exact) mass is 300 g/mol. The second-order valence-electron chi connectivity index (χ2n) is 4.65. The van der Waals surface area contributed by atoms with Gasteiger partial charge in [0.1, 0.15) is 5.75 Å². The van der Waals surface area contributed by atoms with Crippen LogP contribution in [0.3, 0.4) is 0 Å². The first kappa shape index (κ1) is 13.5. The van der Waals surface area contributed by atoms with E-state index >= 15 is 0 Å². The van der Waals surface area contributed by atoms with Crippen molar-refractivity contribution >= 4 is 27.3 Å². The molecule has 5 nitrogen and oxygen atoms in total. The Labute approximate surface area is 125 Å². The molecule has 0 aliphatic heterocycles. The molecule has 0 saturated heterocycles. The molecular weight excluding hydrogens is 288 g/mol. The van der Waals surface area contributed by atoms with Crippen molar-refractivity contribution in [2.75, 3.05) is 7.11 Å². The zero-order valence-electron chi connectivity index (χ0n) is 11.5. The lowest BCUT2D eigenvalue weighted by molar-refractivity contribution is -0.384. The molecule has 1 heterocycles. The van der Waals surface area contributed by atoms with Gasteiger partial charge >= 0.3 is 0 Å². The normalized spacial score (nSPS) is 10.8. The van der Waals surface area contributed by atoms with Crippen LogP contribution in [0, 0.1) is 17.0 Å². The average molecular weight is 300 g/mol. The zero-order valence-corrected chi connectivity index (χ0v) is 12.3. The van der Waals surface area contributed by atoms with Crippen molar-refractivity contribution in [1.29, 1.82) is 0 Å². The predicted molar refractivity (Wildman–Crippen MR) is 83.0 cm³/mol. The molecule has 0 aliphatic rings. The quantitative estimate of drug-likeness (QED) is 0.537. The molecule has 0 spiro atoms. The molecule has 1 aromatic heterocycles. The molecule has 0 atom stereocenters. The summed E-state index contributed by atoms with van der Waals surface area (Å²) in [6, 6.07) is 10.6. The summed E-state index contributed by atoms with van der Waals surface area (Å²) in [6.07, 6.45) is 0. The van der Waals surface area contributed by atoms with Crippen LogP contribution < -0.4 is 4.74 Å². The van der Waals surface area contributed by atoms with Gasteiger partial charge in [-0.15, -0.1) is 0 Å². The van der Waals surface area contributed by atoms with Crippen LogP contribution in [0.2, 0.25) is 0 Å². The number of benzene rings is 2. The number of nitro groups is 1. The van der Waals surface area contributed by atoms with E-state index in [1.165, 1.54) is 17.6 Å². The number of nitro benzene ring substituents is 1. The summed E-state index contributed by atoms with van der Waals surface area (Å²) < 4.78 is 10.7. The van der Waals surface area contributed by atoms with Crippen LogP contribution in [-0.2, 0) is 0 Å². The van der Waals surface area contributed by atoms with Crippen molar-refractivity contribution in [2.45, 2.75) is 6.92 Å². The Morgan fingerprint density at radius 1 is 1.24 bits per heavy atom. The van der Waals surface area contributed by atoms with Gasteiger partial charge in [0.15, 0.2) is 0 Å². The first-order valence-corrected chi connectivity index (χ1v) is 7.06. The number of aryl methyl sites for hydroxylation is 1. The highest BCUT2D eigenvalue weighted by Crippen LogP contribution is 2.35. The molecule has 0 radical (unpaired) electrons. The highest BCUT2D eigenvalue weighted by Gasteiger charge is 2.14. The van der Waals surface area contributed by atoms with Crippen molar-refractivity contribution in [3.63, 3.8) is 0 Å². The summed E-state index contributed by atoms with van der Waals surface area (Å²) in [4.78, 5) is 10.5. The number of non-ortho nitro benzene ring substituents is 1. The lowest BCUT2D eigenvalue weighted by Gasteiger charge is -2.06. The van der Waals surface area contributed by atoms with Gasteiger partial charge in [-0.25, -0.2) is 0 Å². The number of aromatic nitrogens is 1. The Kier molecular flexibility index (Phi) is 3.31. The van der Waals surface area contributed by atoms with Crippen LogP contribution in [0.5, 0.6) is 5.75 Å². The fourth-order valence-electron chi connectivity index (χ4n) is 2.22. The van der Waals surface area contributed by atoms with E-state index < -0.39 is 4.92 Å². The zero-order chi connectivity index (χ0) is 15.0. The molecule has 0 saturated carbocycles. The van der Waals surface area contributed by atoms with Gasteiger partial charge < -0.3 is 4.74 Å². The minimum absolute atomic E-state index is 0.0722. The third-order valence-electron chi connectivity index (χ3n) is 3.35. The Balaban J connectivity index is 2.20. The van der Waals surface area contributed by atoms with Crippen LogP contribution in [0.4, 0.5) is 5.69 Å². The molecule has 0 fully saturated rings. The fraction of sp³-hybridized carbons (Fsp3) is 0.133. The standard InChI is InChI=1S/C15H12N2O3S/c1-9-3-4-10(7-13(9)20-2)15-12-8-11(17(18)19)5-6-14(12)21-16-15/h3-8H,1-2H3. The van der Waals surface area contributed by atoms with Gasteiger partial charge in [0.05, 0.1) is 22.4 Å². The molecule has 3 rings (SSSR count). The van der Waals surface area contributed by atoms with Crippen LogP contribution >= 0.6 is 11.5 Å². The van der Waals surface area contributed by atoms with Gasteiger partial charge in [-0.05, 0) is 36.2 Å². The second kappa shape index (κ2) is 5.14. The maximum Gasteiger partial charge on any atom is 0.270 e. The van der Waals surface area contributed by atoms with E-state index in [-0.39, 0.29) is 5.69 Å². The van der Waals surface area contributed by atoms with Crippen LogP contribution in [0.25, 0.3) is 21.3 Å². The highest BCUT2D eigenvalue weighted by molar-refractivity contribution is 7.13. The van der Waals surface area contributed by atoms with E-state index in [2.05, 4.69) is 4.37 Å². The van der Waals surface area contributed by atoms with E-state index in [9.17, 15) is 10.1 Å². The third-order valence-corrected chi connectivity index (χ3v) is 4.17. The number of hydrogen-bond donors (Lipinski definition) is 0. The maximum atomic E-state index is 10.9. The minimum atomic E-state index is -0.392. The first-order valence-electron chi connectivity index (χ1n) is 6.29. The molecule has 0 aliphatic carbocycles. The SMILES string of the molecule is COc1cc(-c2nsc3ccc([N+](=O)[O-])cc23)ccc1C. The van der Waals surface area contributed by atoms with E-state index in [4.69, 9.17) is 4.74 Å². The van der Waals surface area contributed by atoms with Gasteiger partial charge in [-0.2, -0.15) is 4.37 Å². The van der Waals surface area contributed by atoms with Crippen LogP contribution in [-0.4, -0.2) is 16.4 Å². The highest BCUT2D eigenvalue weighted by atomic mass is 32.1. The molecule has 0 bridgehead atoms. The molecule has 2 aromatic carbocycles. The van der Waals surface area contributed by atoms with Crippen molar-refractivity contribution in [3.8, 4) is 17.0 Å². The molecule has 0 N–H and O–H groups in total. The Morgan fingerprint density at radius 3 is 2.76 bits per heavy atom. The van der Waals surface area contributed by atoms with Gasteiger partial charge in [0.25, 0.3) is 5.69 Å². The second-order valence-corrected chi connectivity index (χ2v) is 5.46. The first-order chi connectivity index (χ1) is 10.1. The number of rotatable bonds is 3. The van der Waals surface area contributed by atoms with Gasteiger partial charge in [-0.3, -0.25) is 10.1 Å². The topological polar surface area (TPSA) is 65.3 Å². The van der Waals surface area contributed by atoms with E-state index in [1.807, 2.05) is 25.1 Å². The summed E-state index contributed by atoms with van der Waals surface area (Å²) in [5.74, 6) is 0.777. The average Bonchev–Trinajstić information content (AvgIpc) is 2.90. The van der Waals surface area contributed by atoms with Crippen LogP contribution in [0.15, 0.2) is 36.4 Å². The summed E-state index contributed by atoms with van der Waals surface area (Å²) in [7, 11) is 1.62. The Bertz CT molecular complexity index is 842. The van der Waals surface area contributed by atoms with Crippen LogP contribution in [0.1, 0.15) is 5.56 Å². The Morgan fingerprint density at radius 2 is 2.05 bits per heavy atom. The molecular formula is C15H12N2O3S. The maximum absolute atomic E-state index is 10.9. The van der Waals surface area contributed by atoms with Crippen molar-refractivity contribution < 1.29 is 9.66 Å². The van der Waals surface area contributed by atoms with Crippen molar-refractivity contribution in [3.05, 3.63) is 52.1 Å². The van der Waals surface area contributed by atoms with Crippen molar-refractivity contribution in [2.24, 2.45) is 0 Å². The molecule has 0 amide bonds. The molecule has 21 heavy (non-hydrogen) atoms.